The Morgan fingerprint density at radius 2 is 1.71 bits per heavy atom. The summed E-state index contributed by atoms with van der Waals surface area (Å²) in [6.07, 6.45) is 8.78. The lowest BCUT2D eigenvalue weighted by atomic mass is 9.36. The molecule has 256 valence electrons. The number of ether oxygens (including phenoxy) is 1. The molecule has 0 aliphatic heterocycles. The van der Waals surface area contributed by atoms with Gasteiger partial charge >= 0.3 is 5.97 Å². The van der Waals surface area contributed by atoms with E-state index < -0.39 is 12.2 Å². The highest BCUT2D eigenvalue weighted by atomic mass is 16.5. The number of hydrogen-bond acceptors (Lipinski definition) is 7. The maximum Gasteiger partial charge on any atom is 0.303 e. The first-order valence-corrected chi connectivity index (χ1v) is 17.8. The summed E-state index contributed by atoms with van der Waals surface area (Å²) in [6, 6.07) is 0. The molecule has 45 heavy (non-hydrogen) atoms. The summed E-state index contributed by atoms with van der Waals surface area (Å²) in [5, 5.41) is 29.5. The average Bonchev–Trinajstić information content (AvgIpc) is 3.23. The van der Waals surface area contributed by atoms with Crippen LogP contribution in [-0.2, 0) is 14.3 Å². The fourth-order valence-electron chi connectivity index (χ4n) is 10.7. The zero-order chi connectivity index (χ0) is 33.2. The van der Waals surface area contributed by atoms with E-state index in [4.69, 9.17) is 10.5 Å². The van der Waals surface area contributed by atoms with Crippen LogP contribution in [0.15, 0.2) is 22.8 Å². The number of esters is 1. The van der Waals surface area contributed by atoms with Gasteiger partial charge in [-0.1, -0.05) is 39.3 Å². The molecule has 0 radical (unpaired) electrons. The van der Waals surface area contributed by atoms with Crippen LogP contribution in [0.2, 0.25) is 0 Å². The van der Waals surface area contributed by atoms with E-state index in [1.807, 2.05) is 0 Å². The maximum atomic E-state index is 14.0. The second-order valence-corrected chi connectivity index (χ2v) is 15.8. The van der Waals surface area contributed by atoms with Crippen LogP contribution < -0.4 is 16.4 Å². The fourth-order valence-corrected chi connectivity index (χ4v) is 10.7. The molecule has 4 saturated carbocycles. The van der Waals surface area contributed by atoms with Crippen molar-refractivity contribution >= 4 is 11.9 Å². The van der Waals surface area contributed by atoms with Crippen LogP contribution in [0.25, 0.3) is 0 Å². The van der Waals surface area contributed by atoms with Crippen LogP contribution in [0.4, 0.5) is 0 Å². The molecule has 8 heteroatoms. The number of aliphatic hydroxyl groups is 2. The lowest BCUT2D eigenvalue weighted by Crippen LogP contribution is -2.65. The molecule has 0 heterocycles. The number of carbonyl (C=O) groups excluding carboxylic acids is 2. The van der Waals surface area contributed by atoms with E-state index >= 15 is 0 Å². The number of fused-ring (bicyclic) bond motifs is 5. The van der Waals surface area contributed by atoms with Crippen LogP contribution in [0.3, 0.4) is 0 Å². The summed E-state index contributed by atoms with van der Waals surface area (Å²) in [6.45, 7) is 17.8. The number of carbonyl (C=O) groups is 2. The number of amides is 1. The predicted molar refractivity (Wildman–Crippen MR) is 179 cm³/mol. The number of allylic oxidation sites excluding steroid dienone is 2. The molecule has 4 rings (SSSR count). The quantitative estimate of drug-likeness (QED) is 0.0885. The Labute approximate surface area is 272 Å². The predicted octanol–water partition coefficient (Wildman–Crippen LogP) is 5.03. The standard InChI is InChI=1S/C37H63N3O5/c1-23(2)11-8-12-26(34(44)40-20-10-19-39-18-9-17-38)32-28-21-30(43)33-35(5)15-14-29(42)24(3)27(35)13-16-36(33,6)37(28,7)22-31(32)45-25(4)41/h11,24,27-31,33,39,42-43H,8-10,12-22,38H2,1-7H3,(H,40,44)/t24-,27?,28?,29+,30+,31-,33?,35-,36-,37-/m0/s1. The van der Waals surface area contributed by atoms with Gasteiger partial charge in [-0.3, -0.25) is 9.59 Å². The van der Waals surface area contributed by atoms with Gasteiger partial charge in [0.05, 0.1) is 12.2 Å². The van der Waals surface area contributed by atoms with E-state index in [-0.39, 0.29) is 52.0 Å². The van der Waals surface area contributed by atoms with Crippen molar-refractivity contribution < 1.29 is 24.5 Å². The van der Waals surface area contributed by atoms with Gasteiger partial charge < -0.3 is 31.3 Å². The number of hydrogen-bond donors (Lipinski definition) is 5. The average molecular weight is 630 g/mol. The molecule has 0 aromatic heterocycles. The summed E-state index contributed by atoms with van der Waals surface area (Å²) >= 11 is 0. The van der Waals surface area contributed by atoms with Crippen molar-refractivity contribution in [3.63, 3.8) is 0 Å². The Morgan fingerprint density at radius 1 is 1.00 bits per heavy atom. The van der Waals surface area contributed by atoms with E-state index in [2.05, 4.69) is 58.3 Å². The number of rotatable bonds is 12. The molecule has 4 aliphatic carbocycles. The zero-order valence-corrected chi connectivity index (χ0v) is 29.2. The molecule has 0 aromatic carbocycles. The van der Waals surface area contributed by atoms with Crippen molar-refractivity contribution in [1.29, 1.82) is 0 Å². The smallest absolute Gasteiger partial charge is 0.303 e. The number of nitrogens with one attached hydrogen (secondary N) is 2. The highest BCUT2D eigenvalue weighted by Gasteiger charge is 2.70. The van der Waals surface area contributed by atoms with Crippen molar-refractivity contribution in [3.8, 4) is 0 Å². The Balaban J connectivity index is 1.71. The highest BCUT2D eigenvalue weighted by molar-refractivity contribution is 5.94. The minimum absolute atomic E-state index is 0.0600. The van der Waals surface area contributed by atoms with Gasteiger partial charge in [-0.25, -0.2) is 0 Å². The molecule has 1 amide bonds. The van der Waals surface area contributed by atoms with Crippen molar-refractivity contribution in [3.05, 3.63) is 22.8 Å². The molecule has 0 saturated heterocycles. The van der Waals surface area contributed by atoms with Gasteiger partial charge in [0, 0.05) is 19.0 Å². The van der Waals surface area contributed by atoms with Crippen molar-refractivity contribution in [1.82, 2.24) is 10.6 Å². The Hall–Kier alpha value is -1.74. The monoisotopic (exact) mass is 629 g/mol. The first kappa shape index (κ1) is 36.1. The summed E-state index contributed by atoms with van der Waals surface area (Å²) in [5.41, 5.74) is 7.92. The second kappa shape index (κ2) is 14.6. The van der Waals surface area contributed by atoms with E-state index in [0.29, 0.717) is 38.3 Å². The fraction of sp³-hybridized carbons (Fsp3) is 0.838. The van der Waals surface area contributed by atoms with Gasteiger partial charge in [0.15, 0.2) is 0 Å². The van der Waals surface area contributed by atoms with E-state index in [0.717, 1.165) is 69.2 Å². The summed E-state index contributed by atoms with van der Waals surface area (Å²) in [7, 11) is 0. The largest absolute Gasteiger partial charge is 0.458 e. The third-order valence-electron chi connectivity index (χ3n) is 13.0. The number of aliphatic hydroxyl groups excluding tert-OH is 2. The first-order chi connectivity index (χ1) is 21.2. The zero-order valence-electron chi connectivity index (χ0n) is 29.2. The van der Waals surface area contributed by atoms with Crippen LogP contribution in [-0.4, -0.2) is 66.6 Å². The SMILES string of the molecule is CC(=O)O[C@H]1C[C@@]2(C)C(C[C@@H](O)C3[C@@]4(C)CC[C@@H](O)[C@@H](C)C4CC[C@@]32C)C1=C(CCC=C(C)C)C(=O)NCCCNCCCN. The van der Waals surface area contributed by atoms with Crippen molar-refractivity contribution in [2.24, 2.45) is 45.7 Å². The molecule has 8 nitrogen and oxygen atoms in total. The normalized spacial score (nSPS) is 40.1. The summed E-state index contributed by atoms with van der Waals surface area (Å²) in [4.78, 5) is 26.6. The molecule has 3 unspecified atom stereocenters. The third kappa shape index (κ3) is 6.95. The van der Waals surface area contributed by atoms with E-state index in [1.54, 1.807) is 0 Å². The van der Waals surface area contributed by atoms with E-state index in [1.165, 1.54) is 12.5 Å². The third-order valence-corrected chi connectivity index (χ3v) is 13.0. The summed E-state index contributed by atoms with van der Waals surface area (Å²) < 4.78 is 6.12. The molecule has 0 bridgehead atoms. The lowest BCUT2D eigenvalue weighted by molar-refractivity contribution is -0.234. The van der Waals surface area contributed by atoms with Crippen molar-refractivity contribution in [2.45, 2.75) is 131 Å². The molecule has 10 atom stereocenters. The highest BCUT2D eigenvalue weighted by Crippen LogP contribution is 2.74. The topological polar surface area (TPSA) is 134 Å². The molecule has 0 aromatic rings. The Bertz CT molecular complexity index is 1130. The van der Waals surface area contributed by atoms with Gasteiger partial charge in [0.1, 0.15) is 6.10 Å². The van der Waals surface area contributed by atoms with Crippen LogP contribution in [0.1, 0.15) is 113 Å². The lowest BCUT2D eigenvalue weighted by Gasteiger charge is -2.69. The minimum Gasteiger partial charge on any atom is -0.458 e. The van der Waals surface area contributed by atoms with Gasteiger partial charge in [0.25, 0.3) is 0 Å². The summed E-state index contributed by atoms with van der Waals surface area (Å²) in [5.74, 6) is 0.177. The van der Waals surface area contributed by atoms with Crippen LogP contribution in [0.5, 0.6) is 0 Å². The van der Waals surface area contributed by atoms with Gasteiger partial charge in [-0.15, -0.1) is 0 Å². The molecule has 0 spiro atoms. The van der Waals surface area contributed by atoms with E-state index in [9.17, 15) is 19.8 Å². The number of nitrogens with two attached hydrogens (primary N) is 1. The molecule has 6 N–H and O–H groups in total. The minimum atomic E-state index is -0.531. The van der Waals surface area contributed by atoms with Crippen LogP contribution >= 0.6 is 0 Å². The van der Waals surface area contributed by atoms with Gasteiger partial charge in [-0.05, 0) is 143 Å². The Kier molecular flexibility index (Phi) is 11.7. The molecule has 4 aliphatic rings. The van der Waals surface area contributed by atoms with Gasteiger partial charge in [0.2, 0.25) is 5.91 Å². The second-order valence-electron chi connectivity index (χ2n) is 15.8. The first-order valence-electron chi connectivity index (χ1n) is 17.8. The Morgan fingerprint density at radius 3 is 2.38 bits per heavy atom. The van der Waals surface area contributed by atoms with Crippen LogP contribution in [0, 0.1) is 39.9 Å². The maximum absolute atomic E-state index is 14.0. The molecule has 4 fully saturated rings. The van der Waals surface area contributed by atoms with Gasteiger partial charge in [-0.2, -0.15) is 0 Å². The molecular formula is C37H63N3O5. The van der Waals surface area contributed by atoms with Crippen molar-refractivity contribution in [2.75, 3.05) is 26.2 Å². The molecular weight excluding hydrogens is 566 g/mol.